The molecule has 0 aromatic heterocycles. The van der Waals surface area contributed by atoms with E-state index in [1.807, 2.05) is 19.9 Å². The Morgan fingerprint density at radius 2 is 1.86 bits per heavy atom. The number of benzene rings is 1. The molecule has 2 N–H and O–H groups in total. The lowest BCUT2D eigenvalue weighted by molar-refractivity contribution is -0.144. The first-order valence-electron chi connectivity index (χ1n) is 10.1. The molecular weight excluding hydrogens is 358 g/mol. The van der Waals surface area contributed by atoms with Crippen LogP contribution in [0.3, 0.4) is 0 Å². The van der Waals surface area contributed by atoms with Gasteiger partial charge in [0.05, 0.1) is 18.6 Å². The highest BCUT2D eigenvalue weighted by atomic mass is 16.5. The van der Waals surface area contributed by atoms with Gasteiger partial charge in [-0.25, -0.2) is 0 Å². The van der Waals surface area contributed by atoms with Crippen LogP contribution in [0.2, 0.25) is 0 Å². The topological polar surface area (TPSA) is 87.7 Å². The van der Waals surface area contributed by atoms with Gasteiger partial charge in [-0.15, -0.1) is 0 Å². The van der Waals surface area contributed by atoms with Crippen molar-refractivity contribution in [2.24, 2.45) is 0 Å². The Kier molecular flexibility index (Phi) is 8.29. The van der Waals surface area contributed by atoms with Gasteiger partial charge in [0.25, 0.3) is 5.91 Å². The van der Waals surface area contributed by atoms with E-state index in [4.69, 9.17) is 4.74 Å². The molecule has 0 saturated carbocycles. The van der Waals surface area contributed by atoms with Crippen LogP contribution in [-0.4, -0.2) is 43.5 Å². The Balaban J connectivity index is 2.12. The Morgan fingerprint density at radius 3 is 2.50 bits per heavy atom. The lowest BCUT2D eigenvalue weighted by Crippen LogP contribution is -2.33. The zero-order valence-electron chi connectivity index (χ0n) is 17.0. The van der Waals surface area contributed by atoms with E-state index in [0.717, 1.165) is 38.0 Å². The standard InChI is InChI=1S/C21H31N3O4/c1-4-15(3)22-21(27)17-14-16(8-9-18(17)24-12-6-7-13-24)23-19(25)10-11-20(26)28-5-2/h8-9,14-15H,4-7,10-13H2,1-3H3,(H,22,27)(H,23,25). The molecule has 7 heteroatoms. The van der Waals surface area contributed by atoms with Crippen molar-refractivity contribution in [3.05, 3.63) is 23.8 Å². The van der Waals surface area contributed by atoms with Gasteiger partial charge in [-0.3, -0.25) is 14.4 Å². The van der Waals surface area contributed by atoms with Crippen molar-refractivity contribution in [1.82, 2.24) is 5.32 Å². The van der Waals surface area contributed by atoms with Gasteiger partial charge in [0.2, 0.25) is 5.91 Å². The van der Waals surface area contributed by atoms with E-state index in [1.54, 1.807) is 19.1 Å². The summed E-state index contributed by atoms with van der Waals surface area (Å²) in [5, 5.41) is 5.78. The number of anilines is 2. The van der Waals surface area contributed by atoms with Gasteiger partial charge in [-0.05, 0) is 51.3 Å². The van der Waals surface area contributed by atoms with Crippen LogP contribution in [0.25, 0.3) is 0 Å². The summed E-state index contributed by atoms with van der Waals surface area (Å²) in [6, 6.07) is 5.48. The number of hydrogen-bond acceptors (Lipinski definition) is 5. The lowest BCUT2D eigenvalue weighted by atomic mass is 10.1. The number of rotatable bonds is 9. The van der Waals surface area contributed by atoms with E-state index >= 15 is 0 Å². The summed E-state index contributed by atoms with van der Waals surface area (Å²) in [4.78, 5) is 38.6. The van der Waals surface area contributed by atoms with E-state index in [0.29, 0.717) is 17.9 Å². The normalized spacial score (nSPS) is 14.5. The summed E-state index contributed by atoms with van der Waals surface area (Å²) in [5.41, 5.74) is 2.00. The van der Waals surface area contributed by atoms with Crippen LogP contribution in [0.4, 0.5) is 11.4 Å². The van der Waals surface area contributed by atoms with E-state index in [1.165, 1.54) is 0 Å². The number of ether oxygens (including phenoxy) is 1. The van der Waals surface area contributed by atoms with Gasteiger partial charge in [0.15, 0.2) is 0 Å². The molecule has 1 heterocycles. The van der Waals surface area contributed by atoms with E-state index in [9.17, 15) is 14.4 Å². The van der Waals surface area contributed by atoms with Gasteiger partial charge in [0.1, 0.15) is 0 Å². The molecule has 1 aromatic carbocycles. The number of nitrogens with zero attached hydrogens (tertiary/aromatic N) is 1. The molecule has 0 bridgehead atoms. The quantitative estimate of drug-likeness (QED) is 0.634. The maximum absolute atomic E-state index is 12.8. The minimum Gasteiger partial charge on any atom is -0.466 e. The maximum Gasteiger partial charge on any atom is 0.306 e. The molecule has 1 aromatic rings. The Bertz CT molecular complexity index is 699. The highest BCUT2D eigenvalue weighted by Crippen LogP contribution is 2.28. The molecule has 1 unspecified atom stereocenters. The van der Waals surface area contributed by atoms with Crippen LogP contribution in [-0.2, 0) is 14.3 Å². The second-order valence-electron chi connectivity index (χ2n) is 7.06. The maximum atomic E-state index is 12.8. The SMILES string of the molecule is CCOC(=O)CCC(=O)Nc1ccc(N2CCCC2)c(C(=O)NC(C)CC)c1. The largest absolute Gasteiger partial charge is 0.466 e. The molecule has 0 spiro atoms. The van der Waals surface area contributed by atoms with Crippen molar-refractivity contribution < 1.29 is 19.1 Å². The van der Waals surface area contributed by atoms with Crippen LogP contribution in [0, 0.1) is 0 Å². The average molecular weight is 389 g/mol. The predicted molar refractivity (Wildman–Crippen MR) is 110 cm³/mol. The first-order valence-corrected chi connectivity index (χ1v) is 10.1. The van der Waals surface area contributed by atoms with Gasteiger partial charge in [0, 0.05) is 36.9 Å². The molecule has 1 aliphatic rings. The zero-order chi connectivity index (χ0) is 20.5. The fraction of sp³-hybridized carbons (Fsp3) is 0.571. The molecule has 1 fully saturated rings. The highest BCUT2D eigenvalue weighted by Gasteiger charge is 2.21. The Morgan fingerprint density at radius 1 is 1.14 bits per heavy atom. The Labute approximate surface area is 166 Å². The molecule has 2 amide bonds. The Hall–Kier alpha value is -2.57. The van der Waals surface area contributed by atoms with Gasteiger partial charge in [-0.2, -0.15) is 0 Å². The third-order valence-electron chi connectivity index (χ3n) is 4.82. The predicted octanol–water partition coefficient (Wildman–Crippen LogP) is 3.10. The van der Waals surface area contributed by atoms with Crippen LogP contribution in [0.1, 0.15) is 63.2 Å². The fourth-order valence-corrected chi connectivity index (χ4v) is 3.11. The molecule has 1 saturated heterocycles. The number of carbonyl (C=O) groups is 3. The van der Waals surface area contributed by atoms with E-state index < -0.39 is 5.97 Å². The number of carbonyl (C=O) groups excluding carboxylic acids is 3. The number of amides is 2. The number of hydrogen-bond donors (Lipinski definition) is 2. The summed E-state index contributed by atoms with van der Waals surface area (Å²) >= 11 is 0. The third kappa shape index (κ3) is 6.25. The first-order chi connectivity index (χ1) is 13.4. The molecule has 154 valence electrons. The molecule has 2 rings (SSSR count). The van der Waals surface area contributed by atoms with Crippen LogP contribution < -0.4 is 15.5 Å². The van der Waals surface area contributed by atoms with Gasteiger partial charge < -0.3 is 20.3 Å². The summed E-state index contributed by atoms with van der Waals surface area (Å²) in [6.45, 7) is 7.86. The average Bonchev–Trinajstić information content (AvgIpc) is 3.21. The summed E-state index contributed by atoms with van der Waals surface area (Å²) < 4.78 is 4.84. The minimum atomic E-state index is -0.393. The van der Waals surface area contributed by atoms with Crippen molar-refractivity contribution >= 4 is 29.2 Å². The van der Waals surface area contributed by atoms with Crippen LogP contribution in [0.15, 0.2) is 18.2 Å². The molecule has 0 aliphatic carbocycles. The van der Waals surface area contributed by atoms with Gasteiger partial charge in [-0.1, -0.05) is 6.92 Å². The highest BCUT2D eigenvalue weighted by molar-refractivity contribution is 6.02. The molecule has 0 radical (unpaired) electrons. The molecule has 7 nitrogen and oxygen atoms in total. The molecule has 1 aliphatic heterocycles. The second-order valence-corrected chi connectivity index (χ2v) is 7.06. The van der Waals surface area contributed by atoms with Crippen molar-refractivity contribution in [3.8, 4) is 0 Å². The minimum absolute atomic E-state index is 0.0346. The third-order valence-corrected chi connectivity index (χ3v) is 4.82. The first kappa shape index (κ1) is 21.7. The van der Waals surface area contributed by atoms with Crippen molar-refractivity contribution in [2.45, 2.75) is 58.9 Å². The number of nitrogens with one attached hydrogen (secondary N) is 2. The monoisotopic (exact) mass is 389 g/mol. The zero-order valence-corrected chi connectivity index (χ0v) is 17.0. The summed E-state index contributed by atoms with van der Waals surface area (Å²) in [5.74, 6) is -0.815. The van der Waals surface area contributed by atoms with E-state index in [2.05, 4.69) is 15.5 Å². The van der Waals surface area contributed by atoms with Gasteiger partial charge >= 0.3 is 5.97 Å². The summed E-state index contributed by atoms with van der Waals surface area (Å²) in [7, 11) is 0. The van der Waals surface area contributed by atoms with E-state index in [-0.39, 0.29) is 30.7 Å². The molecule has 1 atom stereocenters. The van der Waals surface area contributed by atoms with Crippen molar-refractivity contribution in [2.75, 3.05) is 29.9 Å². The lowest BCUT2D eigenvalue weighted by Gasteiger charge is -2.23. The smallest absolute Gasteiger partial charge is 0.306 e. The number of esters is 1. The van der Waals surface area contributed by atoms with Crippen LogP contribution in [0.5, 0.6) is 0 Å². The summed E-state index contributed by atoms with van der Waals surface area (Å²) in [6.07, 6.45) is 3.14. The second kappa shape index (κ2) is 10.7. The van der Waals surface area contributed by atoms with Crippen molar-refractivity contribution in [3.63, 3.8) is 0 Å². The molecule has 28 heavy (non-hydrogen) atoms. The van der Waals surface area contributed by atoms with Crippen LogP contribution >= 0.6 is 0 Å². The fourth-order valence-electron chi connectivity index (χ4n) is 3.11. The molecular formula is C21H31N3O4. The van der Waals surface area contributed by atoms with Crippen molar-refractivity contribution in [1.29, 1.82) is 0 Å².